The van der Waals surface area contributed by atoms with Gasteiger partial charge in [-0.25, -0.2) is 4.98 Å². The van der Waals surface area contributed by atoms with Crippen molar-refractivity contribution in [3.05, 3.63) is 16.1 Å². The van der Waals surface area contributed by atoms with E-state index in [4.69, 9.17) is 0 Å². The lowest BCUT2D eigenvalue weighted by Crippen LogP contribution is -2.24. The molecule has 1 N–H and O–H groups in total. The van der Waals surface area contributed by atoms with Gasteiger partial charge in [0.25, 0.3) is 0 Å². The third kappa shape index (κ3) is 3.92. The van der Waals surface area contributed by atoms with Crippen molar-refractivity contribution in [3.63, 3.8) is 0 Å². The van der Waals surface area contributed by atoms with E-state index in [1.54, 1.807) is 0 Å². The molecule has 1 rings (SSSR count). The van der Waals surface area contributed by atoms with Crippen molar-refractivity contribution in [2.24, 2.45) is 5.92 Å². The average Bonchev–Trinajstić information content (AvgIpc) is 2.73. The summed E-state index contributed by atoms with van der Waals surface area (Å²) < 4.78 is 0. The minimum atomic E-state index is 0.393. The lowest BCUT2D eigenvalue weighted by Gasteiger charge is -2.14. The lowest BCUT2D eigenvalue weighted by molar-refractivity contribution is 0.460. The van der Waals surface area contributed by atoms with E-state index in [0.717, 1.165) is 18.9 Å². The van der Waals surface area contributed by atoms with E-state index in [9.17, 15) is 0 Å². The highest BCUT2D eigenvalue weighted by atomic mass is 32.1. The summed E-state index contributed by atoms with van der Waals surface area (Å²) in [4.78, 5) is 5.82. The van der Waals surface area contributed by atoms with Gasteiger partial charge in [0.05, 0.1) is 6.04 Å². The fourth-order valence-electron chi connectivity index (χ4n) is 1.30. The Bertz CT molecular complexity index is 283. The van der Waals surface area contributed by atoms with E-state index in [-0.39, 0.29) is 0 Å². The predicted octanol–water partition coefficient (Wildman–Crippen LogP) is 3.40. The molecule has 0 aromatic carbocycles. The molecule has 0 radical (unpaired) electrons. The van der Waals surface area contributed by atoms with Crippen LogP contribution in [0.25, 0.3) is 0 Å². The third-order valence-corrected chi connectivity index (χ3v) is 4.08. The minimum Gasteiger partial charge on any atom is -0.308 e. The molecule has 0 amide bonds. The second-order valence-corrected chi connectivity index (χ2v) is 5.31. The van der Waals surface area contributed by atoms with Gasteiger partial charge in [-0.2, -0.15) is 0 Å². The van der Waals surface area contributed by atoms with E-state index in [0.29, 0.717) is 6.04 Å². The van der Waals surface area contributed by atoms with Crippen molar-refractivity contribution in [3.8, 4) is 0 Å². The number of aryl methyl sites for hydroxylation is 1. The number of nitrogens with one attached hydrogen (secondary N) is 1. The molecule has 0 saturated carbocycles. The molecule has 2 atom stereocenters. The van der Waals surface area contributed by atoms with E-state index >= 15 is 0 Å². The highest BCUT2D eigenvalue weighted by Crippen LogP contribution is 2.20. The molecule has 86 valence electrons. The van der Waals surface area contributed by atoms with Crippen LogP contribution in [0.1, 0.15) is 50.0 Å². The Morgan fingerprint density at radius 3 is 2.67 bits per heavy atom. The van der Waals surface area contributed by atoms with Gasteiger partial charge >= 0.3 is 0 Å². The normalized spacial score (nSPS) is 15.2. The van der Waals surface area contributed by atoms with E-state index < -0.39 is 0 Å². The number of nitrogens with zero attached hydrogens (tertiary/aromatic N) is 1. The SMILES string of the molecule is CCc1cnc(C(C)NCC(C)CC)s1. The van der Waals surface area contributed by atoms with Crippen molar-refractivity contribution in [1.29, 1.82) is 0 Å². The monoisotopic (exact) mass is 226 g/mol. The zero-order valence-electron chi connectivity index (χ0n) is 10.2. The number of thiazole rings is 1. The Labute approximate surface area is 97.1 Å². The molecular formula is C12H22N2S. The molecule has 15 heavy (non-hydrogen) atoms. The largest absolute Gasteiger partial charge is 0.308 e. The van der Waals surface area contributed by atoms with Crippen LogP contribution in [0, 0.1) is 5.92 Å². The Morgan fingerprint density at radius 1 is 1.40 bits per heavy atom. The molecule has 1 aromatic heterocycles. The standard InChI is InChI=1S/C12H22N2S/c1-5-9(3)7-13-10(4)12-14-8-11(6-2)15-12/h8-10,13H,5-7H2,1-4H3. The maximum Gasteiger partial charge on any atom is 0.109 e. The van der Waals surface area contributed by atoms with Gasteiger partial charge in [-0.05, 0) is 25.8 Å². The molecular weight excluding hydrogens is 204 g/mol. The zero-order chi connectivity index (χ0) is 11.3. The molecule has 2 unspecified atom stereocenters. The second-order valence-electron chi connectivity index (χ2n) is 4.16. The maximum atomic E-state index is 4.45. The van der Waals surface area contributed by atoms with Crippen LogP contribution in [0.15, 0.2) is 6.20 Å². The van der Waals surface area contributed by atoms with Gasteiger partial charge in [0.1, 0.15) is 5.01 Å². The molecule has 0 bridgehead atoms. The van der Waals surface area contributed by atoms with Crippen molar-refractivity contribution in [2.45, 2.75) is 46.6 Å². The molecule has 1 aromatic rings. The van der Waals surface area contributed by atoms with Crippen LogP contribution in [0.2, 0.25) is 0 Å². The summed E-state index contributed by atoms with van der Waals surface area (Å²) in [6.45, 7) is 9.96. The average molecular weight is 226 g/mol. The van der Waals surface area contributed by atoms with Crippen molar-refractivity contribution >= 4 is 11.3 Å². The fraction of sp³-hybridized carbons (Fsp3) is 0.750. The first-order valence-electron chi connectivity index (χ1n) is 5.85. The van der Waals surface area contributed by atoms with Gasteiger partial charge in [-0.15, -0.1) is 11.3 Å². The predicted molar refractivity (Wildman–Crippen MR) is 67.4 cm³/mol. The van der Waals surface area contributed by atoms with E-state index in [1.807, 2.05) is 17.5 Å². The maximum absolute atomic E-state index is 4.45. The summed E-state index contributed by atoms with van der Waals surface area (Å²) in [5.74, 6) is 0.748. The molecule has 0 saturated heterocycles. The number of rotatable bonds is 6. The number of hydrogen-bond acceptors (Lipinski definition) is 3. The summed E-state index contributed by atoms with van der Waals surface area (Å²) in [6.07, 6.45) is 4.33. The zero-order valence-corrected chi connectivity index (χ0v) is 11.0. The van der Waals surface area contributed by atoms with E-state index in [2.05, 4.69) is 38.0 Å². The molecule has 0 aliphatic carbocycles. The quantitative estimate of drug-likeness (QED) is 0.804. The highest BCUT2D eigenvalue weighted by Gasteiger charge is 2.10. The Balaban J connectivity index is 2.42. The van der Waals surface area contributed by atoms with Crippen LogP contribution >= 0.6 is 11.3 Å². The van der Waals surface area contributed by atoms with Gasteiger partial charge < -0.3 is 5.32 Å². The molecule has 2 nitrogen and oxygen atoms in total. The first-order valence-corrected chi connectivity index (χ1v) is 6.67. The van der Waals surface area contributed by atoms with E-state index in [1.165, 1.54) is 16.3 Å². The summed E-state index contributed by atoms with van der Waals surface area (Å²) in [5.41, 5.74) is 0. The van der Waals surface area contributed by atoms with Gasteiger partial charge in [0, 0.05) is 11.1 Å². The summed E-state index contributed by atoms with van der Waals surface area (Å²) >= 11 is 1.83. The summed E-state index contributed by atoms with van der Waals surface area (Å²) in [5, 5.41) is 4.75. The Morgan fingerprint density at radius 2 is 2.13 bits per heavy atom. The number of aromatic nitrogens is 1. The molecule has 0 fully saturated rings. The van der Waals surface area contributed by atoms with Crippen LogP contribution in [0.5, 0.6) is 0 Å². The Kier molecular flexibility index (Phi) is 5.26. The lowest BCUT2D eigenvalue weighted by atomic mass is 10.1. The third-order valence-electron chi connectivity index (χ3n) is 2.76. The van der Waals surface area contributed by atoms with Gasteiger partial charge in [-0.3, -0.25) is 0 Å². The highest BCUT2D eigenvalue weighted by molar-refractivity contribution is 7.11. The van der Waals surface area contributed by atoms with Gasteiger partial charge in [-0.1, -0.05) is 27.2 Å². The molecule has 0 aliphatic heterocycles. The van der Waals surface area contributed by atoms with Crippen LogP contribution in [-0.2, 0) is 6.42 Å². The van der Waals surface area contributed by atoms with Crippen LogP contribution in [0.3, 0.4) is 0 Å². The van der Waals surface area contributed by atoms with Gasteiger partial charge in [0.15, 0.2) is 0 Å². The van der Waals surface area contributed by atoms with Gasteiger partial charge in [0.2, 0.25) is 0 Å². The fourth-order valence-corrected chi connectivity index (χ4v) is 2.18. The van der Waals surface area contributed by atoms with Crippen LogP contribution < -0.4 is 5.32 Å². The summed E-state index contributed by atoms with van der Waals surface area (Å²) in [7, 11) is 0. The summed E-state index contributed by atoms with van der Waals surface area (Å²) in [6, 6.07) is 0.393. The first-order chi connectivity index (χ1) is 7.17. The minimum absolute atomic E-state index is 0.393. The van der Waals surface area contributed by atoms with Crippen LogP contribution in [-0.4, -0.2) is 11.5 Å². The molecule has 0 aliphatic rings. The number of hydrogen-bond donors (Lipinski definition) is 1. The van der Waals surface area contributed by atoms with Crippen molar-refractivity contribution < 1.29 is 0 Å². The van der Waals surface area contributed by atoms with Crippen molar-refractivity contribution in [2.75, 3.05) is 6.54 Å². The second kappa shape index (κ2) is 6.23. The Hall–Kier alpha value is -0.410. The van der Waals surface area contributed by atoms with Crippen LogP contribution in [0.4, 0.5) is 0 Å². The molecule has 3 heteroatoms. The first kappa shape index (κ1) is 12.7. The topological polar surface area (TPSA) is 24.9 Å². The molecule has 1 heterocycles. The molecule has 0 spiro atoms. The smallest absolute Gasteiger partial charge is 0.109 e. The van der Waals surface area contributed by atoms with Crippen molar-refractivity contribution in [1.82, 2.24) is 10.3 Å².